The predicted molar refractivity (Wildman–Crippen MR) is 90.3 cm³/mol. The van der Waals surface area contributed by atoms with E-state index in [1.54, 1.807) is 0 Å². The molecule has 0 bridgehead atoms. The van der Waals surface area contributed by atoms with Gasteiger partial charge in [-0.25, -0.2) is 0 Å². The zero-order valence-electron chi connectivity index (χ0n) is 14.4. The molecule has 0 spiro atoms. The largest absolute Gasteiger partial charge is 0.394 e. The van der Waals surface area contributed by atoms with Crippen LogP contribution >= 0.6 is 0 Å². The van der Waals surface area contributed by atoms with E-state index in [4.69, 9.17) is 14.6 Å². The van der Waals surface area contributed by atoms with Crippen molar-refractivity contribution in [2.75, 3.05) is 19.8 Å². The first kappa shape index (κ1) is 20.6. The van der Waals surface area contributed by atoms with Crippen LogP contribution in [0.4, 0.5) is 0 Å². The molecule has 0 aromatic carbocycles. The lowest BCUT2D eigenvalue weighted by Gasteiger charge is -2.23. The van der Waals surface area contributed by atoms with E-state index in [0.29, 0.717) is 6.61 Å². The third kappa shape index (κ3) is 8.27. The summed E-state index contributed by atoms with van der Waals surface area (Å²) in [5.41, 5.74) is 0. The van der Waals surface area contributed by atoms with Gasteiger partial charge in [0.25, 0.3) is 0 Å². The fraction of sp³-hybridized carbons (Fsp3) is 0.889. The summed E-state index contributed by atoms with van der Waals surface area (Å²) in [5, 5.41) is 28.4. The summed E-state index contributed by atoms with van der Waals surface area (Å²) in [5.74, 6) is 0. The molecule has 1 heterocycles. The average Bonchev–Trinajstić information content (AvgIpc) is 2.93. The van der Waals surface area contributed by atoms with Gasteiger partial charge in [0.15, 0.2) is 0 Å². The molecule has 23 heavy (non-hydrogen) atoms. The van der Waals surface area contributed by atoms with Crippen LogP contribution in [0.1, 0.15) is 58.3 Å². The van der Waals surface area contributed by atoms with Crippen molar-refractivity contribution in [2.45, 2.75) is 82.7 Å². The fourth-order valence-electron chi connectivity index (χ4n) is 2.77. The van der Waals surface area contributed by atoms with Gasteiger partial charge in [0.05, 0.1) is 13.2 Å². The van der Waals surface area contributed by atoms with E-state index < -0.39 is 24.4 Å². The Labute approximate surface area is 140 Å². The van der Waals surface area contributed by atoms with Gasteiger partial charge in [0.2, 0.25) is 0 Å². The Morgan fingerprint density at radius 3 is 2.48 bits per heavy atom. The van der Waals surface area contributed by atoms with Gasteiger partial charge >= 0.3 is 0 Å². The van der Waals surface area contributed by atoms with Crippen LogP contribution in [-0.2, 0) is 9.47 Å². The number of aliphatic hydroxyl groups excluding tert-OH is 3. The molecule has 1 aliphatic heterocycles. The Balaban J connectivity index is 2.03. The van der Waals surface area contributed by atoms with E-state index in [2.05, 4.69) is 19.1 Å². The number of ether oxygens (including phenoxy) is 2. The maximum Gasteiger partial charge on any atom is 0.114 e. The fourth-order valence-corrected chi connectivity index (χ4v) is 2.77. The molecule has 4 atom stereocenters. The molecular weight excluding hydrogens is 296 g/mol. The van der Waals surface area contributed by atoms with Crippen molar-refractivity contribution in [1.29, 1.82) is 0 Å². The van der Waals surface area contributed by atoms with Gasteiger partial charge in [0, 0.05) is 6.61 Å². The zero-order valence-corrected chi connectivity index (χ0v) is 14.4. The lowest BCUT2D eigenvalue weighted by molar-refractivity contribution is -0.0937. The SMILES string of the molecule is CCCCC/C=C/CCCCCO[C@H]1[C@@H]([C@@H](O)CO)OC[C@H]1O. The molecule has 0 saturated carbocycles. The molecule has 0 aliphatic carbocycles. The molecule has 0 amide bonds. The van der Waals surface area contributed by atoms with Gasteiger partial charge in [-0.1, -0.05) is 38.3 Å². The minimum atomic E-state index is -1.00. The molecule has 0 aromatic heterocycles. The first-order valence-corrected chi connectivity index (χ1v) is 9.05. The summed E-state index contributed by atoms with van der Waals surface area (Å²) in [6.45, 7) is 2.52. The van der Waals surface area contributed by atoms with Crippen LogP contribution in [0.15, 0.2) is 12.2 Å². The van der Waals surface area contributed by atoms with Crippen molar-refractivity contribution in [3.63, 3.8) is 0 Å². The second-order valence-electron chi connectivity index (χ2n) is 6.27. The van der Waals surface area contributed by atoms with Crippen molar-refractivity contribution in [3.8, 4) is 0 Å². The number of allylic oxidation sites excluding steroid dienone is 2. The Bertz CT molecular complexity index is 308. The van der Waals surface area contributed by atoms with Crippen molar-refractivity contribution in [3.05, 3.63) is 12.2 Å². The normalized spacial score (nSPS) is 26.2. The summed E-state index contributed by atoms with van der Waals surface area (Å²) < 4.78 is 10.9. The summed E-state index contributed by atoms with van der Waals surface area (Å²) >= 11 is 0. The molecule has 0 radical (unpaired) electrons. The van der Waals surface area contributed by atoms with Crippen LogP contribution < -0.4 is 0 Å². The van der Waals surface area contributed by atoms with Gasteiger partial charge < -0.3 is 24.8 Å². The first-order chi connectivity index (χ1) is 11.2. The van der Waals surface area contributed by atoms with E-state index in [1.807, 2.05) is 0 Å². The Kier molecular flexibility index (Phi) is 11.5. The van der Waals surface area contributed by atoms with Gasteiger partial charge in [-0.05, 0) is 32.1 Å². The summed E-state index contributed by atoms with van der Waals surface area (Å²) in [4.78, 5) is 0. The molecule has 1 fully saturated rings. The average molecular weight is 330 g/mol. The van der Waals surface area contributed by atoms with Crippen LogP contribution in [-0.4, -0.2) is 59.6 Å². The van der Waals surface area contributed by atoms with Crippen LogP contribution in [0.2, 0.25) is 0 Å². The smallest absolute Gasteiger partial charge is 0.114 e. The van der Waals surface area contributed by atoms with Crippen LogP contribution in [0.25, 0.3) is 0 Å². The van der Waals surface area contributed by atoms with E-state index >= 15 is 0 Å². The second-order valence-corrected chi connectivity index (χ2v) is 6.27. The van der Waals surface area contributed by atoms with Crippen molar-refractivity contribution < 1.29 is 24.8 Å². The molecular formula is C18H34O5. The quantitative estimate of drug-likeness (QED) is 0.356. The van der Waals surface area contributed by atoms with Crippen molar-refractivity contribution in [2.24, 2.45) is 0 Å². The van der Waals surface area contributed by atoms with Crippen molar-refractivity contribution in [1.82, 2.24) is 0 Å². The Hall–Kier alpha value is -0.460. The lowest BCUT2D eigenvalue weighted by atomic mass is 10.1. The van der Waals surface area contributed by atoms with E-state index in [-0.39, 0.29) is 13.2 Å². The van der Waals surface area contributed by atoms with E-state index in [0.717, 1.165) is 25.7 Å². The second kappa shape index (κ2) is 12.9. The molecule has 0 aromatic rings. The maximum atomic E-state index is 9.81. The molecule has 5 nitrogen and oxygen atoms in total. The number of aliphatic hydroxyl groups is 3. The van der Waals surface area contributed by atoms with Crippen LogP contribution in [0, 0.1) is 0 Å². The molecule has 1 aliphatic rings. The number of rotatable bonds is 13. The van der Waals surface area contributed by atoms with Gasteiger partial charge in [0.1, 0.15) is 24.4 Å². The topological polar surface area (TPSA) is 79.2 Å². The Morgan fingerprint density at radius 2 is 1.83 bits per heavy atom. The monoisotopic (exact) mass is 330 g/mol. The molecule has 0 unspecified atom stereocenters. The third-order valence-corrected chi connectivity index (χ3v) is 4.20. The van der Waals surface area contributed by atoms with Crippen LogP contribution in [0.3, 0.4) is 0 Å². The summed E-state index contributed by atoms with van der Waals surface area (Å²) in [6, 6.07) is 0. The predicted octanol–water partition coefficient (Wildman–Crippen LogP) is 2.18. The Morgan fingerprint density at radius 1 is 1.13 bits per heavy atom. The molecule has 1 rings (SSSR count). The zero-order chi connectivity index (χ0) is 16.9. The maximum absolute atomic E-state index is 9.81. The van der Waals surface area contributed by atoms with E-state index in [9.17, 15) is 10.2 Å². The van der Waals surface area contributed by atoms with Gasteiger partial charge in [-0.15, -0.1) is 0 Å². The number of unbranched alkanes of at least 4 members (excludes halogenated alkanes) is 6. The highest BCUT2D eigenvalue weighted by molar-refractivity contribution is 4.89. The summed E-state index contributed by atoms with van der Waals surface area (Å²) in [6.07, 6.45) is 10.9. The standard InChI is InChI=1S/C18H34O5/c1-2-3-4-5-6-7-8-9-10-11-12-22-18-16(21)14-23-17(18)15(20)13-19/h6-7,15-21H,2-5,8-14H2,1H3/b7-6+/t15-,16+,17+,18+/m0/s1. The van der Waals surface area contributed by atoms with Crippen molar-refractivity contribution >= 4 is 0 Å². The van der Waals surface area contributed by atoms with E-state index in [1.165, 1.54) is 25.7 Å². The molecule has 136 valence electrons. The summed E-state index contributed by atoms with van der Waals surface area (Å²) in [7, 11) is 0. The highest BCUT2D eigenvalue weighted by Crippen LogP contribution is 2.21. The third-order valence-electron chi connectivity index (χ3n) is 4.20. The van der Waals surface area contributed by atoms with Crippen LogP contribution in [0.5, 0.6) is 0 Å². The number of hydrogen-bond acceptors (Lipinski definition) is 5. The highest BCUT2D eigenvalue weighted by atomic mass is 16.6. The molecule has 3 N–H and O–H groups in total. The minimum absolute atomic E-state index is 0.148. The first-order valence-electron chi connectivity index (χ1n) is 9.05. The lowest BCUT2D eigenvalue weighted by Crippen LogP contribution is -2.42. The molecule has 1 saturated heterocycles. The number of hydrogen-bond donors (Lipinski definition) is 3. The highest BCUT2D eigenvalue weighted by Gasteiger charge is 2.40. The molecule has 5 heteroatoms. The minimum Gasteiger partial charge on any atom is -0.394 e. The van der Waals surface area contributed by atoms with Gasteiger partial charge in [-0.3, -0.25) is 0 Å². The van der Waals surface area contributed by atoms with Gasteiger partial charge in [-0.2, -0.15) is 0 Å².